The average Bonchev–Trinajstić information content (AvgIpc) is 3.24. The summed E-state index contributed by atoms with van der Waals surface area (Å²) in [4.78, 5) is 32.2. The highest BCUT2D eigenvalue weighted by Crippen LogP contribution is 2.56. The summed E-state index contributed by atoms with van der Waals surface area (Å²) >= 11 is 0. The van der Waals surface area contributed by atoms with Crippen LogP contribution in [0.2, 0.25) is 0 Å². The lowest BCUT2D eigenvalue weighted by Gasteiger charge is -2.44. The van der Waals surface area contributed by atoms with Crippen LogP contribution in [0.4, 0.5) is 26.2 Å². The van der Waals surface area contributed by atoms with Crippen molar-refractivity contribution < 1.29 is 13.6 Å². The van der Waals surface area contributed by atoms with Crippen LogP contribution in [-0.4, -0.2) is 64.4 Å². The van der Waals surface area contributed by atoms with Crippen LogP contribution in [-0.2, 0) is 10.2 Å². The highest BCUT2D eigenvalue weighted by molar-refractivity contribution is 5.86. The zero-order chi connectivity index (χ0) is 25.7. The van der Waals surface area contributed by atoms with E-state index in [1.165, 1.54) is 17.3 Å². The number of piperazine rings is 1. The molecule has 2 unspecified atom stereocenters. The fourth-order valence-electron chi connectivity index (χ4n) is 5.52. The summed E-state index contributed by atoms with van der Waals surface area (Å²) < 4.78 is 27.1. The molecule has 1 spiro atoms. The first kappa shape index (κ1) is 23.9. The van der Waals surface area contributed by atoms with E-state index in [-0.39, 0.29) is 18.0 Å². The second-order valence-corrected chi connectivity index (χ2v) is 10.0. The molecule has 11 heteroatoms. The molecule has 2 aliphatic heterocycles. The molecule has 0 N–H and O–H groups in total. The molecule has 2 fully saturated rings. The number of hydrogen-bond acceptors (Lipinski definition) is 8. The van der Waals surface area contributed by atoms with E-state index in [2.05, 4.69) is 25.9 Å². The number of pyridine rings is 1. The summed E-state index contributed by atoms with van der Waals surface area (Å²) in [5, 5.41) is 18.6. The number of carbonyl (C=O) groups is 1. The van der Waals surface area contributed by atoms with Crippen LogP contribution in [0.25, 0.3) is 0 Å². The summed E-state index contributed by atoms with van der Waals surface area (Å²) in [6.07, 6.45) is 3.12. The summed E-state index contributed by atoms with van der Waals surface area (Å²) in [7, 11) is 0. The van der Waals surface area contributed by atoms with E-state index in [1.54, 1.807) is 25.3 Å². The Kier molecular flexibility index (Phi) is 5.74. The van der Waals surface area contributed by atoms with Gasteiger partial charge in [0.25, 0.3) is 6.43 Å². The molecule has 186 valence electrons. The lowest BCUT2D eigenvalue weighted by Crippen LogP contribution is -2.58. The predicted molar refractivity (Wildman–Crippen MR) is 127 cm³/mol. The molecule has 1 saturated carbocycles. The maximum atomic E-state index is 13.5. The maximum absolute atomic E-state index is 13.5. The van der Waals surface area contributed by atoms with Crippen LogP contribution in [0.3, 0.4) is 0 Å². The van der Waals surface area contributed by atoms with Crippen LogP contribution in [0.15, 0.2) is 24.7 Å². The van der Waals surface area contributed by atoms with Crippen molar-refractivity contribution in [1.29, 1.82) is 10.5 Å². The van der Waals surface area contributed by atoms with Gasteiger partial charge in [0.05, 0.1) is 17.7 Å². The van der Waals surface area contributed by atoms with Gasteiger partial charge < -0.3 is 14.7 Å². The smallest absolute Gasteiger partial charge is 0.265 e. The molecule has 36 heavy (non-hydrogen) atoms. The number of nitriles is 2. The topological polar surface area (TPSA) is 113 Å². The molecule has 0 bridgehead atoms. The number of nitrogens with zero attached hydrogens (tertiary/aromatic N) is 8. The first-order chi connectivity index (χ1) is 17.2. The number of hydrogen-bond donors (Lipinski definition) is 0. The molecule has 5 rings (SSSR count). The fourth-order valence-corrected chi connectivity index (χ4v) is 5.52. The number of halogens is 2. The zero-order valence-electron chi connectivity index (χ0n) is 20.2. The molecule has 2 aromatic heterocycles. The lowest BCUT2D eigenvalue weighted by atomic mass is 9.66. The highest BCUT2D eigenvalue weighted by atomic mass is 19.3. The first-order valence-corrected chi connectivity index (χ1v) is 12.0. The van der Waals surface area contributed by atoms with Gasteiger partial charge in [-0.2, -0.15) is 10.5 Å². The molecule has 2 atom stereocenters. The van der Waals surface area contributed by atoms with Crippen LogP contribution in [0.5, 0.6) is 0 Å². The molecule has 1 aliphatic carbocycles. The van der Waals surface area contributed by atoms with E-state index in [0.717, 1.165) is 43.4 Å². The largest absolute Gasteiger partial charge is 0.352 e. The molecule has 4 heterocycles. The summed E-state index contributed by atoms with van der Waals surface area (Å²) in [6, 6.07) is 6.72. The minimum absolute atomic E-state index is 0.124. The van der Waals surface area contributed by atoms with Gasteiger partial charge in [-0.3, -0.25) is 4.79 Å². The summed E-state index contributed by atoms with van der Waals surface area (Å²) in [5.41, 5.74) is -0.926. The van der Waals surface area contributed by atoms with E-state index in [1.807, 2.05) is 4.90 Å². The van der Waals surface area contributed by atoms with Crippen molar-refractivity contribution >= 4 is 23.4 Å². The quantitative estimate of drug-likeness (QED) is 0.640. The number of amides is 1. The molecule has 1 saturated heterocycles. The molecular formula is C25H26F2N8O. The third-order valence-corrected chi connectivity index (χ3v) is 7.82. The van der Waals surface area contributed by atoms with Gasteiger partial charge in [0.1, 0.15) is 23.8 Å². The minimum Gasteiger partial charge on any atom is -0.352 e. The Labute approximate surface area is 208 Å². The van der Waals surface area contributed by atoms with Gasteiger partial charge in [-0.1, -0.05) is 6.42 Å². The van der Waals surface area contributed by atoms with Gasteiger partial charge in [-0.15, -0.1) is 0 Å². The fraction of sp³-hybridized carbons (Fsp3) is 0.520. The van der Waals surface area contributed by atoms with Gasteiger partial charge >= 0.3 is 0 Å². The second kappa shape index (κ2) is 8.66. The van der Waals surface area contributed by atoms with Crippen molar-refractivity contribution in [2.75, 3.05) is 36.0 Å². The Morgan fingerprint density at radius 2 is 1.97 bits per heavy atom. The molecule has 3 aliphatic rings. The number of alkyl halides is 2. The van der Waals surface area contributed by atoms with Crippen LogP contribution in [0, 0.1) is 28.1 Å². The molecule has 2 aromatic rings. The van der Waals surface area contributed by atoms with Crippen molar-refractivity contribution in [3.8, 4) is 12.1 Å². The Morgan fingerprint density at radius 1 is 1.22 bits per heavy atom. The zero-order valence-corrected chi connectivity index (χ0v) is 20.2. The van der Waals surface area contributed by atoms with Gasteiger partial charge in [0.15, 0.2) is 5.41 Å². The molecular weight excluding hydrogens is 466 g/mol. The van der Waals surface area contributed by atoms with Crippen molar-refractivity contribution in [3.05, 3.63) is 35.8 Å². The third kappa shape index (κ3) is 3.53. The van der Waals surface area contributed by atoms with E-state index in [4.69, 9.17) is 0 Å². The summed E-state index contributed by atoms with van der Waals surface area (Å²) in [5.74, 6) is 1.37. The van der Waals surface area contributed by atoms with Crippen LogP contribution < -0.4 is 9.80 Å². The maximum Gasteiger partial charge on any atom is 0.265 e. The van der Waals surface area contributed by atoms with Crippen molar-refractivity contribution in [3.63, 3.8) is 0 Å². The SMILES string of the molecule is CC1CN(c2ncnc3c2C2(CCC2)CN3c2cc(C#N)ccn2)CCN1C(=O)C(C)(C#N)C(F)F. The first-order valence-electron chi connectivity index (χ1n) is 12.0. The average molecular weight is 493 g/mol. The van der Waals surface area contributed by atoms with E-state index in [9.17, 15) is 24.1 Å². The lowest BCUT2D eigenvalue weighted by molar-refractivity contribution is -0.147. The van der Waals surface area contributed by atoms with Gasteiger partial charge in [-0.05, 0) is 38.8 Å². The van der Waals surface area contributed by atoms with Gasteiger partial charge in [0.2, 0.25) is 5.91 Å². The van der Waals surface area contributed by atoms with Crippen LogP contribution in [0.1, 0.15) is 44.2 Å². The third-order valence-electron chi connectivity index (χ3n) is 7.82. The monoisotopic (exact) mass is 492 g/mol. The van der Waals surface area contributed by atoms with Crippen LogP contribution >= 0.6 is 0 Å². The van der Waals surface area contributed by atoms with Gasteiger partial charge in [0, 0.05) is 49.4 Å². The molecule has 1 amide bonds. The Morgan fingerprint density at radius 3 is 2.58 bits per heavy atom. The molecule has 0 aromatic carbocycles. The van der Waals surface area contributed by atoms with Crippen molar-refractivity contribution in [2.45, 2.75) is 51.0 Å². The van der Waals surface area contributed by atoms with Crippen molar-refractivity contribution in [2.24, 2.45) is 5.41 Å². The minimum atomic E-state index is -3.07. The standard InChI is InChI=1S/C25H26F2N8O/c1-16-12-33(8-9-34(16)23(36)24(2,13-29)22(26)27)20-19-21(32-15-31-20)35(14-25(19)5-3-6-25)18-10-17(11-28)4-7-30-18/h4,7,10,15-16,22H,3,5-6,8-9,12,14H2,1-2H3. The summed E-state index contributed by atoms with van der Waals surface area (Å²) in [6.45, 7) is 4.52. The Hall–Kier alpha value is -3.86. The van der Waals surface area contributed by atoms with E-state index in [0.29, 0.717) is 31.0 Å². The van der Waals surface area contributed by atoms with Crippen molar-refractivity contribution in [1.82, 2.24) is 19.9 Å². The predicted octanol–water partition coefficient (Wildman–Crippen LogP) is 3.15. The number of rotatable bonds is 4. The number of aromatic nitrogens is 3. The Bertz CT molecular complexity index is 1280. The number of fused-ring (bicyclic) bond motifs is 2. The Balaban J connectivity index is 1.46. The van der Waals surface area contributed by atoms with Gasteiger partial charge in [-0.25, -0.2) is 23.7 Å². The van der Waals surface area contributed by atoms with E-state index < -0.39 is 17.7 Å². The number of carbonyl (C=O) groups excluding carboxylic acids is 1. The molecule has 0 radical (unpaired) electrons. The highest BCUT2D eigenvalue weighted by Gasteiger charge is 2.52. The molecule has 9 nitrogen and oxygen atoms in total. The second-order valence-electron chi connectivity index (χ2n) is 10.0. The number of anilines is 3. The normalized spacial score (nSPS) is 22.0. The van der Waals surface area contributed by atoms with E-state index >= 15 is 0 Å².